The van der Waals surface area contributed by atoms with Gasteiger partial charge in [-0.15, -0.1) is 0 Å². The van der Waals surface area contributed by atoms with Crippen LogP contribution in [-0.2, 0) is 14.3 Å². The zero-order valence-electron chi connectivity index (χ0n) is 54.3. The lowest BCUT2D eigenvalue weighted by Gasteiger charge is -2.22. The van der Waals surface area contributed by atoms with E-state index < -0.39 is 12.1 Å². The quantitative estimate of drug-likeness (QED) is 0.0320. The van der Waals surface area contributed by atoms with Crippen LogP contribution in [0.25, 0.3) is 0 Å². The van der Waals surface area contributed by atoms with E-state index in [9.17, 15) is 19.8 Å². The van der Waals surface area contributed by atoms with E-state index in [0.717, 1.165) is 44.9 Å². The molecule has 6 heteroatoms. The molecule has 0 aliphatic carbocycles. The van der Waals surface area contributed by atoms with Gasteiger partial charge in [0.1, 0.15) is 0 Å². The fraction of sp³-hybridized carbons (Fsp3) is 0.919. The van der Waals surface area contributed by atoms with E-state index in [-0.39, 0.29) is 18.5 Å². The van der Waals surface area contributed by atoms with Gasteiger partial charge in [0.15, 0.2) is 0 Å². The van der Waals surface area contributed by atoms with Crippen molar-refractivity contribution in [3.05, 3.63) is 24.3 Å². The number of hydrogen-bond acceptors (Lipinski definition) is 5. The third-order valence-corrected chi connectivity index (χ3v) is 17.2. The van der Waals surface area contributed by atoms with Crippen LogP contribution in [0.15, 0.2) is 24.3 Å². The molecule has 1 amide bonds. The molecule has 0 rings (SSSR count). The SMILES string of the molecule is CCCCCCCCC/C=C\CCCCCCCC(=O)OCCCCCCCCCCCCCC/C=C\CCCCCCCCCCCCCCCCCC(=O)NC(CO)C(O)CCCCCCCCCCCCCCCCCC. The first-order valence-corrected chi connectivity index (χ1v) is 36.6. The number of hydrogen-bond donors (Lipinski definition) is 3. The van der Waals surface area contributed by atoms with E-state index in [2.05, 4.69) is 43.5 Å². The highest BCUT2D eigenvalue weighted by Crippen LogP contribution is 2.19. The number of amides is 1. The molecule has 2 unspecified atom stereocenters. The van der Waals surface area contributed by atoms with Gasteiger partial charge in [-0.05, 0) is 77.0 Å². The summed E-state index contributed by atoms with van der Waals surface area (Å²) < 4.78 is 5.50. The average molecular weight is 1130 g/mol. The van der Waals surface area contributed by atoms with Crippen LogP contribution in [0, 0.1) is 0 Å². The summed E-state index contributed by atoms with van der Waals surface area (Å²) in [5.41, 5.74) is 0. The van der Waals surface area contributed by atoms with Crippen molar-refractivity contribution in [1.29, 1.82) is 0 Å². The molecular formula is C74H143NO5. The molecule has 0 saturated heterocycles. The Morgan fingerprint density at radius 2 is 0.588 bits per heavy atom. The van der Waals surface area contributed by atoms with E-state index in [0.29, 0.717) is 25.9 Å². The fourth-order valence-electron chi connectivity index (χ4n) is 11.6. The maximum absolute atomic E-state index is 12.5. The topological polar surface area (TPSA) is 95.9 Å². The number of allylic oxidation sites excluding steroid dienone is 4. The molecule has 0 aromatic carbocycles. The molecule has 3 N–H and O–H groups in total. The van der Waals surface area contributed by atoms with Gasteiger partial charge in [0.2, 0.25) is 5.91 Å². The van der Waals surface area contributed by atoms with E-state index in [1.165, 1.54) is 334 Å². The largest absolute Gasteiger partial charge is 0.466 e. The fourth-order valence-corrected chi connectivity index (χ4v) is 11.6. The van der Waals surface area contributed by atoms with Gasteiger partial charge in [0, 0.05) is 12.8 Å². The molecule has 0 radical (unpaired) electrons. The standard InChI is InChI=1S/C74H143NO5/c1-3-5-7-9-11-13-15-17-19-38-42-46-50-54-58-62-66-72(77)71(70-76)75-73(78)67-63-59-55-51-47-43-39-36-34-32-30-28-26-24-22-21-23-25-27-29-31-33-35-37-41-45-49-53-57-61-65-69-80-74(79)68-64-60-56-52-48-44-40-20-18-16-14-12-10-8-6-4-2/h20,23,25,40,71-72,76-77H,3-19,21-22,24,26-39,41-70H2,1-2H3,(H,75,78)/b25-23-,40-20-. The van der Waals surface area contributed by atoms with Crippen LogP contribution in [-0.4, -0.2) is 47.4 Å². The lowest BCUT2D eigenvalue weighted by molar-refractivity contribution is -0.143. The Kier molecular flexibility index (Phi) is 68.4. The first-order chi connectivity index (χ1) is 39.5. The molecule has 0 saturated carbocycles. The molecule has 0 fully saturated rings. The van der Waals surface area contributed by atoms with Crippen molar-refractivity contribution in [3.8, 4) is 0 Å². The Bertz CT molecular complexity index is 1250. The number of unbranched alkanes of at least 4 members (excludes halogenated alkanes) is 54. The number of aliphatic hydroxyl groups excluding tert-OH is 2. The highest BCUT2D eigenvalue weighted by atomic mass is 16.5. The van der Waals surface area contributed by atoms with Crippen molar-refractivity contribution in [2.24, 2.45) is 0 Å². The molecule has 0 aliphatic heterocycles. The predicted octanol–water partition coefficient (Wildman–Crippen LogP) is 23.7. The Morgan fingerprint density at radius 3 is 0.887 bits per heavy atom. The molecule has 80 heavy (non-hydrogen) atoms. The van der Waals surface area contributed by atoms with Gasteiger partial charge in [-0.2, -0.15) is 0 Å². The minimum absolute atomic E-state index is 0.0110. The summed E-state index contributed by atoms with van der Waals surface area (Å²) >= 11 is 0. The van der Waals surface area contributed by atoms with Gasteiger partial charge in [-0.25, -0.2) is 0 Å². The second kappa shape index (κ2) is 69.8. The second-order valence-corrected chi connectivity index (χ2v) is 25.3. The lowest BCUT2D eigenvalue weighted by Crippen LogP contribution is -2.45. The number of carbonyl (C=O) groups is 2. The van der Waals surface area contributed by atoms with Crippen molar-refractivity contribution in [1.82, 2.24) is 5.32 Å². The van der Waals surface area contributed by atoms with Crippen LogP contribution < -0.4 is 5.32 Å². The minimum atomic E-state index is -0.663. The maximum atomic E-state index is 12.5. The highest BCUT2D eigenvalue weighted by molar-refractivity contribution is 5.76. The molecule has 0 aliphatic rings. The summed E-state index contributed by atoms with van der Waals surface area (Å²) in [6.07, 6.45) is 88.1. The second-order valence-electron chi connectivity index (χ2n) is 25.3. The van der Waals surface area contributed by atoms with Crippen LogP contribution in [0.5, 0.6) is 0 Å². The normalized spacial score (nSPS) is 12.6. The van der Waals surface area contributed by atoms with Crippen LogP contribution in [0.4, 0.5) is 0 Å². The lowest BCUT2D eigenvalue weighted by atomic mass is 10.0. The summed E-state index contributed by atoms with van der Waals surface area (Å²) in [6, 6.07) is -0.540. The maximum Gasteiger partial charge on any atom is 0.305 e. The number of esters is 1. The van der Waals surface area contributed by atoms with Gasteiger partial charge in [-0.1, -0.05) is 346 Å². The Labute approximate surface area is 501 Å². The van der Waals surface area contributed by atoms with Crippen molar-refractivity contribution >= 4 is 11.9 Å². The van der Waals surface area contributed by atoms with Crippen LogP contribution in [0.3, 0.4) is 0 Å². The molecule has 474 valence electrons. The summed E-state index contributed by atoms with van der Waals surface area (Å²) in [6.45, 7) is 4.99. The third kappa shape index (κ3) is 65.5. The first kappa shape index (κ1) is 78.3. The molecule has 2 atom stereocenters. The monoisotopic (exact) mass is 1130 g/mol. The minimum Gasteiger partial charge on any atom is -0.466 e. The number of rotatable bonds is 69. The third-order valence-electron chi connectivity index (χ3n) is 17.2. The van der Waals surface area contributed by atoms with Crippen molar-refractivity contribution in [2.75, 3.05) is 13.2 Å². The highest BCUT2D eigenvalue weighted by Gasteiger charge is 2.20. The molecular weight excluding hydrogens is 983 g/mol. The zero-order valence-corrected chi connectivity index (χ0v) is 54.3. The van der Waals surface area contributed by atoms with Gasteiger partial charge < -0.3 is 20.3 Å². The first-order valence-electron chi connectivity index (χ1n) is 36.6. The molecule has 0 aromatic heterocycles. The molecule has 0 heterocycles. The van der Waals surface area contributed by atoms with Crippen LogP contribution in [0.1, 0.15) is 412 Å². The van der Waals surface area contributed by atoms with Crippen LogP contribution in [0.2, 0.25) is 0 Å². The van der Waals surface area contributed by atoms with Gasteiger partial charge in [-0.3, -0.25) is 9.59 Å². The van der Waals surface area contributed by atoms with Gasteiger partial charge in [0.25, 0.3) is 0 Å². The van der Waals surface area contributed by atoms with E-state index in [1.54, 1.807) is 0 Å². The molecule has 6 nitrogen and oxygen atoms in total. The van der Waals surface area contributed by atoms with Crippen molar-refractivity contribution in [2.45, 2.75) is 424 Å². The summed E-state index contributed by atoms with van der Waals surface area (Å²) in [5, 5.41) is 23.4. The van der Waals surface area contributed by atoms with E-state index >= 15 is 0 Å². The van der Waals surface area contributed by atoms with Crippen LogP contribution >= 0.6 is 0 Å². The van der Waals surface area contributed by atoms with Crippen molar-refractivity contribution in [3.63, 3.8) is 0 Å². The smallest absolute Gasteiger partial charge is 0.305 e. The Morgan fingerprint density at radius 1 is 0.338 bits per heavy atom. The van der Waals surface area contributed by atoms with E-state index in [1.807, 2.05) is 0 Å². The van der Waals surface area contributed by atoms with Crippen molar-refractivity contribution < 1.29 is 24.5 Å². The predicted molar refractivity (Wildman–Crippen MR) is 352 cm³/mol. The molecule has 0 aromatic rings. The summed E-state index contributed by atoms with van der Waals surface area (Å²) in [5.74, 6) is -0.0184. The zero-order chi connectivity index (χ0) is 57.8. The number of ether oxygens (including phenoxy) is 1. The molecule has 0 spiro atoms. The number of carbonyl (C=O) groups excluding carboxylic acids is 2. The Balaban J connectivity index is 3.35. The molecule has 0 bridgehead atoms. The summed E-state index contributed by atoms with van der Waals surface area (Å²) in [4.78, 5) is 24.6. The van der Waals surface area contributed by atoms with Gasteiger partial charge >= 0.3 is 5.97 Å². The van der Waals surface area contributed by atoms with Gasteiger partial charge in [0.05, 0.1) is 25.4 Å². The average Bonchev–Trinajstić information content (AvgIpc) is 3.46. The number of nitrogens with one attached hydrogen (secondary N) is 1. The van der Waals surface area contributed by atoms with E-state index in [4.69, 9.17) is 4.74 Å². The Hall–Kier alpha value is -1.66. The number of aliphatic hydroxyl groups is 2. The summed E-state index contributed by atoms with van der Waals surface area (Å²) in [7, 11) is 0.